The second-order valence-electron chi connectivity index (χ2n) is 7.21. The fourth-order valence-electron chi connectivity index (χ4n) is 3.59. The lowest BCUT2D eigenvalue weighted by atomic mass is 9.84. The molecule has 0 unspecified atom stereocenters. The van der Waals surface area contributed by atoms with Crippen molar-refractivity contribution in [3.63, 3.8) is 0 Å². The Balaban J connectivity index is 1.55. The average molecular weight is 385 g/mol. The molecule has 3 aromatic rings. The summed E-state index contributed by atoms with van der Waals surface area (Å²) < 4.78 is 28.5. The maximum Gasteiger partial charge on any atom is 0.159 e. The summed E-state index contributed by atoms with van der Waals surface area (Å²) in [6.07, 6.45) is 6.10. The molecule has 1 aliphatic heterocycles. The fourth-order valence-corrected chi connectivity index (χ4v) is 3.59. The molecule has 0 atom stereocenters. The van der Waals surface area contributed by atoms with Crippen LogP contribution in [0.4, 0.5) is 14.6 Å². The lowest BCUT2D eigenvalue weighted by Gasteiger charge is -2.39. The molecule has 0 saturated carbocycles. The first-order chi connectivity index (χ1) is 13.4. The highest BCUT2D eigenvalue weighted by Gasteiger charge is 2.35. The van der Waals surface area contributed by atoms with Gasteiger partial charge in [0, 0.05) is 31.9 Å². The minimum absolute atomic E-state index is 0.385. The number of aliphatic hydroxyl groups is 1. The Hall–Kier alpha value is -2.87. The Labute approximate surface area is 161 Å². The van der Waals surface area contributed by atoms with Gasteiger partial charge in [0.1, 0.15) is 0 Å². The molecular weight excluding hydrogens is 364 g/mol. The number of piperidine rings is 1. The monoisotopic (exact) mass is 385 g/mol. The van der Waals surface area contributed by atoms with Crippen LogP contribution in [-0.2, 0) is 12.6 Å². The Bertz CT molecular complexity index is 1010. The lowest BCUT2D eigenvalue weighted by Crippen LogP contribution is -2.43. The number of aromatic nitrogens is 4. The van der Waals surface area contributed by atoms with Crippen molar-refractivity contribution < 1.29 is 13.9 Å². The summed E-state index contributed by atoms with van der Waals surface area (Å²) in [5, 5.41) is 15.1. The molecule has 0 spiro atoms. The van der Waals surface area contributed by atoms with Crippen molar-refractivity contribution in [1.82, 2.24) is 19.7 Å². The van der Waals surface area contributed by atoms with E-state index in [1.807, 2.05) is 20.2 Å². The van der Waals surface area contributed by atoms with E-state index in [-0.39, 0.29) is 0 Å². The lowest BCUT2D eigenvalue weighted by molar-refractivity contribution is 0.0112. The molecule has 1 N–H and O–H groups in total. The van der Waals surface area contributed by atoms with Gasteiger partial charge in [0.05, 0.1) is 29.4 Å². The molecular formula is C20H21F2N5O. The van der Waals surface area contributed by atoms with E-state index in [4.69, 9.17) is 4.98 Å². The summed E-state index contributed by atoms with van der Waals surface area (Å²) in [4.78, 5) is 11.3. The van der Waals surface area contributed by atoms with Crippen LogP contribution in [0.15, 0.2) is 36.8 Å². The zero-order valence-electron chi connectivity index (χ0n) is 15.7. The van der Waals surface area contributed by atoms with Gasteiger partial charge in [0.25, 0.3) is 0 Å². The van der Waals surface area contributed by atoms with Crippen LogP contribution in [0.5, 0.6) is 0 Å². The van der Waals surface area contributed by atoms with Crippen LogP contribution in [0.1, 0.15) is 24.1 Å². The first kappa shape index (κ1) is 18.5. The van der Waals surface area contributed by atoms with Crippen LogP contribution < -0.4 is 4.90 Å². The van der Waals surface area contributed by atoms with Gasteiger partial charge in [-0.05, 0) is 37.5 Å². The van der Waals surface area contributed by atoms with E-state index in [2.05, 4.69) is 15.0 Å². The predicted octanol–water partition coefficient (Wildman–Crippen LogP) is 2.95. The molecule has 146 valence electrons. The van der Waals surface area contributed by atoms with Crippen LogP contribution in [-0.4, -0.2) is 37.9 Å². The van der Waals surface area contributed by atoms with Gasteiger partial charge in [0.2, 0.25) is 0 Å². The zero-order chi connectivity index (χ0) is 19.9. The molecule has 0 amide bonds. The average Bonchev–Trinajstić information content (AvgIpc) is 3.11. The summed E-state index contributed by atoms with van der Waals surface area (Å²) >= 11 is 0. The normalized spacial score (nSPS) is 16.4. The van der Waals surface area contributed by atoms with Crippen LogP contribution in [0.25, 0.3) is 11.3 Å². The van der Waals surface area contributed by atoms with Crippen LogP contribution in [0.3, 0.4) is 0 Å². The fraction of sp³-hybridized carbons (Fsp3) is 0.350. The van der Waals surface area contributed by atoms with Gasteiger partial charge in [-0.15, -0.1) is 0 Å². The van der Waals surface area contributed by atoms with Crippen molar-refractivity contribution in [3.8, 4) is 11.3 Å². The highest BCUT2D eigenvalue weighted by atomic mass is 19.2. The maximum atomic E-state index is 13.6. The molecule has 1 fully saturated rings. The maximum absolute atomic E-state index is 13.6. The molecule has 2 aromatic heterocycles. The minimum atomic E-state index is -1.19. The van der Waals surface area contributed by atoms with Crippen LogP contribution in [0.2, 0.25) is 0 Å². The topological polar surface area (TPSA) is 67.1 Å². The SMILES string of the molecule is Cc1ncc(-c2cnn(C)c2)nc1N1CCC(O)(c2ccc(F)c(F)c2)CC1. The first-order valence-corrected chi connectivity index (χ1v) is 9.11. The van der Waals surface area contributed by atoms with Gasteiger partial charge < -0.3 is 10.0 Å². The third-order valence-electron chi connectivity index (χ3n) is 5.28. The molecule has 4 rings (SSSR count). The van der Waals surface area contributed by atoms with E-state index in [1.165, 1.54) is 6.07 Å². The molecule has 1 aromatic carbocycles. The number of hydrogen-bond acceptors (Lipinski definition) is 5. The summed E-state index contributed by atoms with van der Waals surface area (Å²) in [6, 6.07) is 3.59. The highest BCUT2D eigenvalue weighted by Crippen LogP contribution is 2.35. The Morgan fingerprint density at radius 3 is 2.50 bits per heavy atom. The van der Waals surface area contributed by atoms with Crippen LogP contribution in [0, 0.1) is 18.6 Å². The molecule has 1 saturated heterocycles. The number of hydrogen-bond donors (Lipinski definition) is 1. The number of benzene rings is 1. The summed E-state index contributed by atoms with van der Waals surface area (Å²) in [6.45, 7) is 2.95. The molecule has 3 heterocycles. The number of nitrogens with zero attached hydrogens (tertiary/aromatic N) is 5. The largest absolute Gasteiger partial charge is 0.385 e. The van der Waals surface area contributed by atoms with E-state index >= 15 is 0 Å². The smallest absolute Gasteiger partial charge is 0.159 e. The van der Waals surface area contributed by atoms with Gasteiger partial charge in [0.15, 0.2) is 17.5 Å². The van der Waals surface area contributed by atoms with E-state index in [0.29, 0.717) is 31.5 Å². The molecule has 0 radical (unpaired) electrons. The van der Waals surface area contributed by atoms with E-state index < -0.39 is 17.2 Å². The number of halogens is 2. The Kier molecular flexibility index (Phi) is 4.58. The minimum Gasteiger partial charge on any atom is -0.385 e. The second-order valence-corrected chi connectivity index (χ2v) is 7.21. The van der Waals surface area contributed by atoms with E-state index in [9.17, 15) is 13.9 Å². The summed E-state index contributed by atoms with van der Waals surface area (Å²) in [5.74, 6) is -1.10. The van der Waals surface area contributed by atoms with Gasteiger partial charge in [-0.3, -0.25) is 9.67 Å². The summed E-state index contributed by atoms with van der Waals surface area (Å²) in [5.41, 5.74) is 1.62. The Morgan fingerprint density at radius 2 is 1.86 bits per heavy atom. The molecule has 0 aliphatic carbocycles. The predicted molar refractivity (Wildman–Crippen MR) is 101 cm³/mol. The quantitative estimate of drug-likeness (QED) is 0.751. The van der Waals surface area contributed by atoms with Gasteiger partial charge in [-0.2, -0.15) is 5.10 Å². The van der Waals surface area contributed by atoms with Crippen LogP contribution >= 0.6 is 0 Å². The van der Waals surface area contributed by atoms with E-state index in [0.717, 1.165) is 34.9 Å². The van der Waals surface area contributed by atoms with Crippen molar-refractivity contribution >= 4 is 5.82 Å². The van der Waals surface area contributed by atoms with Crippen molar-refractivity contribution in [2.24, 2.45) is 7.05 Å². The van der Waals surface area contributed by atoms with E-state index in [1.54, 1.807) is 17.1 Å². The summed E-state index contributed by atoms with van der Waals surface area (Å²) in [7, 11) is 1.84. The molecule has 6 nitrogen and oxygen atoms in total. The van der Waals surface area contributed by atoms with Crippen molar-refractivity contribution in [1.29, 1.82) is 0 Å². The molecule has 8 heteroatoms. The van der Waals surface area contributed by atoms with Crippen molar-refractivity contribution in [3.05, 3.63) is 59.7 Å². The third-order valence-corrected chi connectivity index (χ3v) is 5.28. The van der Waals surface area contributed by atoms with Crippen molar-refractivity contribution in [2.75, 3.05) is 18.0 Å². The van der Waals surface area contributed by atoms with Gasteiger partial charge >= 0.3 is 0 Å². The van der Waals surface area contributed by atoms with Gasteiger partial charge in [-0.25, -0.2) is 13.8 Å². The van der Waals surface area contributed by atoms with Gasteiger partial charge in [-0.1, -0.05) is 6.07 Å². The number of anilines is 1. The number of rotatable bonds is 3. The molecule has 0 bridgehead atoms. The van der Waals surface area contributed by atoms with Crippen molar-refractivity contribution in [2.45, 2.75) is 25.4 Å². The number of aryl methyl sites for hydroxylation is 2. The molecule has 1 aliphatic rings. The Morgan fingerprint density at radius 1 is 1.11 bits per heavy atom. The highest BCUT2D eigenvalue weighted by molar-refractivity contribution is 5.59. The first-order valence-electron chi connectivity index (χ1n) is 9.11. The molecule has 28 heavy (non-hydrogen) atoms. The second kappa shape index (κ2) is 6.94. The third kappa shape index (κ3) is 3.35. The standard InChI is InChI=1S/C20H21F2N5O/c1-13-19(25-18(11-23-13)14-10-24-26(2)12-14)27-7-5-20(28,6-8-27)15-3-4-16(21)17(22)9-15/h3-4,9-12,28H,5-8H2,1-2H3. The zero-order valence-corrected chi connectivity index (χ0v) is 15.7.